The molecule has 1 atom stereocenters. The zero-order chi connectivity index (χ0) is 31.1. The van der Waals surface area contributed by atoms with E-state index < -0.39 is 33.2 Å². The van der Waals surface area contributed by atoms with Crippen molar-refractivity contribution in [2.24, 2.45) is 0 Å². The van der Waals surface area contributed by atoms with Crippen LogP contribution in [0.3, 0.4) is 0 Å². The molecule has 5 N–H and O–H groups in total. The largest absolute Gasteiger partial charge is 0.479 e. The second-order valence-electron chi connectivity index (χ2n) is 10.2. The summed E-state index contributed by atoms with van der Waals surface area (Å²) >= 11 is 0. The van der Waals surface area contributed by atoms with Crippen molar-refractivity contribution in [2.45, 2.75) is 43.0 Å². The normalized spacial score (nSPS) is 12.2. The summed E-state index contributed by atoms with van der Waals surface area (Å²) in [5.74, 6) is -1.08. The Balaban J connectivity index is 1.35. The van der Waals surface area contributed by atoms with E-state index in [2.05, 4.69) is 20.9 Å². The van der Waals surface area contributed by atoms with Gasteiger partial charge in [0.05, 0.1) is 16.8 Å². The van der Waals surface area contributed by atoms with Crippen molar-refractivity contribution in [3.8, 4) is 0 Å². The Labute approximate surface area is 249 Å². The van der Waals surface area contributed by atoms with Crippen molar-refractivity contribution in [2.75, 3.05) is 24.3 Å². The van der Waals surface area contributed by atoms with Gasteiger partial charge in [-0.05, 0) is 79.4 Å². The van der Waals surface area contributed by atoms with E-state index in [-0.39, 0.29) is 17.1 Å². The topological polar surface area (TPSA) is 167 Å². The number of aromatic amines is 1. The highest BCUT2D eigenvalue weighted by Gasteiger charge is 2.23. The van der Waals surface area contributed by atoms with Gasteiger partial charge in [0.25, 0.3) is 5.56 Å². The van der Waals surface area contributed by atoms with Gasteiger partial charge in [0, 0.05) is 35.9 Å². The number of ether oxygens (including phenoxy) is 1. The molecular weight excluding hydrogens is 572 g/mol. The third-order valence-electron chi connectivity index (χ3n) is 6.87. The lowest BCUT2D eigenvalue weighted by atomic mass is 10.0. The van der Waals surface area contributed by atoms with Crippen molar-refractivity contribution in [1.29, 1.82) is 0 Å². The number of aliphatic carboxylic acids is 1. The van der Waals surface area contributed by atoms with Crippen LogP contribution in [0.4, 0.5) is 16.2 Å². The van der Waals surface area contributed by atoms with Gasteiger partial charge in [-0.15, -0.1) is 0 Å². The van der Waals surface area contributed by atoms with E-state index >= 15 is 0 Å². The molecule has 1 amide bonds. The maximum Gasteiger partial charge on any atom is 0.411 e. The monoisotopic (exact) mass is 606 g/mol. The van der Waals surface area contributed by atoms with Gasteiger partial charge < -0.3 is 25.5 Å². The summed E-state index contributed by atoms with van der Waals surface area (Å²) in [5.41, 5.74) is 2.52. The van der Waals surface area contributed by atoms with Gasteiger partial charge in [0.2, 0.25) is 0 Å². The van der Waals surface area contributed by atoms with Gasteiger partial charge in [0.15, 0.2) is 15.9 Å². The van der Waals surface area contributed by atoms with Crippen LogP contribution in [-0.4, -0.2) is 49.5 Å². The number of carboxylic acid groups (broad SMARTS) is 1. The van der Waals surface area contributed by atoms with Crippen molar-refractivity contribution < 1.29 is 27.9 Å². The van der Waals surface area contributed by atoms with E-state index in [1.54, 1.807) is 81.7 Å². The number of rotatable bonds is 12. The summed E-state index contributed by atoms with van der Waals surface area (Å²) in [5, 5.41) is 19.0. The van der Waals surface area contributed by atoms with Crippen LogP contribution in [0.1, 0.15) is 36.6 Å². The van der Waals surface area contributed by atoms with Crippen LogP contribution in [0.2, 0.25) is 0 Å². The second-order valence-corrected chi connectivity index (χ2v) is 12.7. The highest BCUT2D eigenvalue weighted by atomic mass is 32.2. The molecule has 12 heteroatoms. The summed E-state index contributed by atoms with van der Waals surface area (Å²) < 4.78 is 30.7. The van der Waals surface area contributed by atoms with Crippen LogP contribution in [0.15, 0.2) is 82.6 Å². The molecular formula is C31H34N4O7S. The number of sulfone groups is 1. The van der Waals surface area contributed by atoms with E-state index in [4.69, 9.17) is 4.74 Å². The SMILES string of the molecule is CNCc1cc(NC(=O)OCCc2ccc(C(Nc3ccc4cc[nH]c(=O)c4c3)C(=O)O)cc2)ccc1S(=O)(=O)C(C)C. The Morgan fingerprint density at radius 3 is 2.37 bits per heavy atom. The first-order chi connectivity index (χ1) is 20.5. The van der Waals surface area contributed by atoms with E-state index in [1.165, 1.54) is 12.1 Å². The van der Waals surface area contributed by atoms with Gasteiger partial charge in [0.1, 0.15) is 0 Å². The molecule has 4 aromatic rings. The molecule has 226 valence electrons. The Bertz CT molecular complexity index is 1780. The number of anilines is 2. The highest BCUT2D eigenvalue weighted by Crippen LogP contribution is 2.25. The number of hydrogen-bond donors (Lipinski definition) is 5. The summed E-state index contributed by atoms with van der Waals surface area (Å²) in [6.07, 6.45) is 1.26. The number of pyridine rings is 1. The molecule has 4 rings (SSSR count). The lowest BCUT2D eigenvalue weighted by Gasteiger charge is -2.17. The first-order valence-corrected chi connectivity index (χ1v) is 15.2. The Morgan fingerprint density at radius 1 is 0.977 bits per heavy atom. The van der Waals surface area contributed by atoms with Gasteiger partial charge >= 0.3 is 12.1 Å². The fourth-order valence-electron chi connectivity index (χ4n) is 4.54. The number of benzene rings is 3. The third-order valence-corrected chi connectivity index (χ3v) is 9.12. The minimum atomic E-state index is -3.49. The minimum Gasteiger partial charge on any atom is -0.479 e. The maximum absolute atomic E-state index is 12.7. The molecule has 0 bridgehead atoms. The number of carboxylic acids is 1. The number of hydrogen-bond acceptors (Lipinski definition) is 8. The molecule has 1 heterocycles. The summed E-state index contributed by atoms with van der Waals surface area (Å²) in [6, 6.07) is 17.3. The molecule has 0 radical (unpaired) electrons. The molecule has 0 fully saturated rings. The molecule has 0 aliphatic heterocycles. The van der Waals surface area contributed by atoms with Crippen molar-refractivity contribution in [1.82, 2.24) is 10.3 Å². The third kappa shape index (κ3) is 7.59. The minimum absolute atomic E-state index is 0.0700. The molecule has 0 aliphatic rings. The quantitative estimate of drug-likeness (QED) is 0.156. The van der Waals surface area contributed by atoms with Crippen LogP contribution in [0.5, 0.6) is 0 Å². The van der Waals surface area contributed by atoms with E-state index in [0.717, 1.165) is 10.9 Å². The number of fused-ring (bicyclic) bond motifs is 1. The highest BCUT2D eigenvalue weighted by molar-refractivity contribution is 7.92. The van der Waals surface area contributed by atoms with Crippen molar-refractivity contribution >= 4 is 44.0 Å². The van der Waals surface area contributed by atoms with E-state index in [1.807, 2.05) is 0 Å². The van der Waals surface area contributed by atoms with Crippen LogP contribution in [0, 0.1) is 0 Å². The smallest absolute Gasteiger partial charge is 0.411 e. The van der Waals surface area contributed by atoms with Crippen LogP contribution in [-0.2, 0) is 32.3 Å². The summed E-state index contributed by atoms with van der Waals surface area (Å²) in [6.45, 7) is 3.61. The molecule has 0 aliphatic carbocycles. The number of amides is 1. The second kappa shape index (κ2) is 13.5. The fourth-order valence-corrected chi connectivity index (χ4v) is 5.80. The number of nitrogens with one attached hydrogen (secondary N) is 4. The molecule has 43 heavy (non-hydrogen) atoms. The molecule has 3 aromatic carbocycles. The summed E-state index contributed by atoms with van der Waals surface area (Å²) in [4.78, 5) is 39.4. The standard InChI is InChI=1S/C31H34N4O7S/c1-19(2)43(40,41)27-11-10-24(16-23(27)18-32-3)35-31(39)42-15-13-20-4-6-22(7-5-20)28(30(37)38)34-25-9-8-21-12-14-33-29(36)26(21)17-25/h4-12,14,16-17,19,28,32,34H,13,15,18H2,1-3H3,(H,33,36)(H,35,39)(H,37,38). The molecule has 11 nitrogen and oxygen atoms in total. The lowest BCUT2D eigenvalue weighted by molar-refractivity contribution is -0.138. The molecule has 0 spiro atoms. The van der Waals surface area contributed by atoms with Crippen LogP contribution < -0.4 is 21.5 Å². The van der Waals surface area contributed by atoms with Gasteiger partial charge in [-0.2, -0.15) is 0 Å². The fraction of sp³-hybridized carbons (Fsp3) is 0.258. The van der Waals surface area contributed by atoms with Gasteiger partial charge in [-0.1, -0.05) is 30.3 Å². The Morgan fingerprint density at radius 2 is 1.70 bits per heavy atom. The number of H-pyrrole nitrogens is 1. The number of carbonyl (C=O) groups is 2. The van der Waals surface area contributed by atoms with Crippen molar-refractivity contribution in [3.05, 3.63) is 100.0 Å². The lowest BCUT2D eigenvalue weighted by Crippen LogP contribution is -2.20. The molecule has 1 aromatic heterocycles. The van der Waals surface area contributed by atoms with Gasteiger partial charge in [-0.25, -0.2) is 18.0 Å². The van der Waals surface area contributed by atoms with Gasteiger partial charge in [-0.3, -0.25) is 10.1 Å². The van der Waals surface area contributed by atoms with Crippen molar-refractivity contribution in [3.63, 3.8) is 0 Å². The Kier molecular flexibility index (Phi) is 9.84. The van der Waals surface area contributed by atoms with E-state index in [9.17, 15) is 27.9 Å². The first kappa shape index (κ1) is 31.3. The summed E-state index contributed by atoms with van der Waals surface area (Å²) in [7, 11) is -1.78. The zero-order valence-electron chi connectivity index (χ0n) is 24.0. The predicted octanol–water partition coefficient (Wildman–Crippen LogP) is 4.46. The average Bonchev–Trinajstić information content (AvgIpc) is 2.97. The van der Waals surface area contributed by atoms with Crippen LogP contribution >= 0.6 is 0 Å². The maximum atomic E-state index is 12.7. The first-order valence-electron chi connectivity index (χ1n) is 13.6. The zero-order valence-corrected chi connectivity index (χ0v) is 24.8. The van der Waals surface area contributed by atoms with E-state index in [0.29, 0.717) is 40.9 Å². The Hall–Kier alpha value is -4.68. The molecule has 1 unspecified atom stereocenters. The van der Waals surface area contributed by atoms with Crippen LogP contribution in [0.25, 0.3) is 10.8 Å². The predicted molar refractivity (Wildman–Crippen MR) is 165 cm³/mol. The number of carbonyl (C=O) groups excluding carboxylic acids is 1. The number of aromatic nitrogens is 1. The molecule has 0 saturated heterocycles. The average molecular weight is 607 g/mol. The molecule has 0 saturated carbocycles.